The summed E-state index contributed by atoms with van der Waals surface area (Å²) in [5.74, 6) is 0.0354. The number of nitrogens with one attached hydrogen (secondary N) is 1. The molecule has 6 heteroatoms. The molecule has 2 amide bonds. The first-order valence-corrected chi connectivity index (χ1v) is 8.81. The first kappa shape index (κ1) is 16.9. The van der Waals surface area contributed by atoms with E-state index < -0.39 is 5.60 Å². The number of hydrogen-bond acceptors (Lipinski definition) is 3. The van der Waals surface area contributed by atoms with E-state index in [1.807, 2.05) is 31.7 Å². The van der Waals surface area contributed by atoms with Crippen LogP contribution in [-0.4, -0.2) is 58.6 Å². The molecule has 1 saturated heterocycles. The lowest BCUT2D eigenvalue weighted by Crippen LogP contribution is -2.51. The van der Waals surface area contributed by atoms with Gasteiger partial charge in [0, 0.05) is 31.9 Å². The van der Waals surface area contributed by atoms with Crippen LogP contribution in [0.5, 0.6) is 0 Å². The minimum Gasteiger partial charge on any atom is -0.444 e. The highest BCUT2D eigenvalue weighted by atomic mass is 16.6. The van der Waals surface area contributed by atoms with Crippen molar-refractivity contribution in [3.05, 3.63) is 23.0 Å². The summed E-state index contributed by atoms with van der Waals surface area (Å²) in [6.07, 6.45) is 4.19. The Balaban J connectivity index is 1.57. The number of aromatic nitrogens is 1. The van der Waals surface area contributed by atoms with Gasteiger partial charge in [-0.25, -0.2) is 4.79 Å². The van der Waals surface area contributed by atoms with Crippen molar-refractivity contribution in [1.82, 2.24) is 14.8 Å². The van der Waals surface area contributed by atoms with Gasteiger partial charge in [0.2, 0.25) is 0 Å². The van der Waals surface area contributed by atoms with Crippen LogP contribution >= 0.6 is 0 Å². The molecular weight excluding hydrogens is 306 g/mol. The normalized spacial score (nSPS) is 18.3. The zero-order valence-corrected chi connectivity index (χ0v) is 14.9. The Bertz CT molecular complexity index is 598. The summed E-state index contributed by atoms with van der Waals surface area (Å²) in [4.78, 5) is 31.6. The monoisotopic (exact) mass is 333 g/mol. The average Bonchev–Trinajstić information content (AvgIpc) is 2.96. The van der Waals surface area contributed by atoms with E-state index in [1.54, 1.807) is 4.90 Å². The van der Waals surface area contributed by atoms with E-state index in [9.17, 15) is 9.59 Å². The number of carbonyl (C=O) groups is 2. The minimum atomic E-state index is -0.493. The Morgan fingerprint density at radius 3 is 2.29 bits per heavy atom. The molecule has 2 aliphatic rings. The number of piperazine rings is 1. The SMILES string of the molecule is CC(C)(C)OC(=O)N1CCN(C(=O)c2cc3c([nH]2)CCCC3)CC1. The van der Waals surface area contributed by atoms with Crippen molar-refractivity contribution in [3.8, 4) is 0 Å². The molecule has 0 radical (unpaired) electrons. The van der Waals surface area contributed by atoms with Crippen LogP contribution in [0.3, 0.4) is 0 Å². The van der Waals surface area contributed by atoms with Gasteiger partial charge in [0.05, 0.1) is 0 Å². The van der Waals surface area contributed by atoms with Gasteiger partial charge in [-0.1, -0.05) is 0 Å². The molecule has 0 unspecified atom stereocenters. The molecule has 132 valence electrons. The number of fused-ring (bicyclic) bond motifs is 1. The second kappa shape index (κ2) is 6.49. The van der Waals surface area contributed by atoms with Crippen LogP contribution in [0.1, 0.15) is 55.4 Å². The molecule has 6 nitrogen and oxygen atoms in total. The van der Waals surface area contributed by atoms with Gasteiger partial charge in [0.1, 0.15) is 11.3 Å². The molecule has 1 aromatic heterocycles. The van der Waals surface area contributed by atoms with E-state index in [0.717, 1.165) is 12.8 Å². The molecule has 2 heterocycles. The predicted molar refractivity (Wildman–Crippen MR) is 91.1 cm³/mol. The van der Waals surface area contributed by atoms with Crippen LogP contribution in [0.25, 0.3) is 0 Å². The molecule has 0 saturated carbocycles. The number of aromatic amines is 1. The van der Waals surface area contributed by atoms with E-state index >= 15 is 0 Å². The van der Waals surface area contributed by atoms with E-state index in [-0.39, 0.29) is 12.0 Å². The van der Waals surface area contributed by atoms with Gasteiger partial charge >= 0.3 is 6.09 Å². The number of hydrogen-bond donors (Lipinski definition) is 1. The summed E-state index contributed by atoms with van der Waals surface area (Å²) < 4.78 is 5.39. The molecule has 1 fully saturated rings. The molecule has 0 atom stereocenters. The van der Waals surface area contributed by atoms with Gasteiger partial charge in [-0.2, -0.15) is 0 Å². The van der Waals surface area contributed by atoms with Crippen molar-refractivity contribution >= 4 is 12.0 Å². The van der Waals surface area contributed by atoms with Crippen molar-refractivity contribution in [1.29, 1.82) is 0 Å². The Morgan fingerprint density at radius 2 is 1.67 bits per heavy atom. The standard InChI is InChI=1S/C18H27N3O3/c1-18(2,3)24-17(23)21-10-8-20(9-11-21)16(22)15-12-13-6-4-5-7-14(13)19-15/h12,19H,4-11H2,1-3H3. The summed E-state index contributed by atoms with van der Waals surface area (Å²) in [7, 11) is 0. The zero-order chi connectivity index (χ0) is 17.3. The molecule has 0 bridgehead atoms. The van der Waals surface area contributed by atoms with E-state index in [0.29, 0.717) is 31.9 Å². The highest BCUT2D eigenvalue weighted by Gasteiger charge is 2.29. The number of rotatable bonds is 1. The predicted octanol–water partition coefficient (Wildman–Crippen LogP) is 2.59. The third-order valence-electron chi connectivity index (χ3n) is 4.56. The highest BCUT2D eigenvalue weighted by molar-refractivity contribution is 5.93. The molecule has 1 aliphatic carbocycles. The van der Waals surface area contributed by atoms with Crippen LogP contribution in [0.15, 0.2) is 6.07 Å². The van der Waals surface area contributed by atoms with E-state index in [2.05, 4.69) is 4.98 Å². The van der Waals surface area contributed by atoms with Crippen molar-refractivity contribution in [2.75, 3.05) is 26.2 Å². The second-order valence-electron chi connectivity index (χ2n) is 7.65. The number of carbonyl (C=O) groups excluding carboxylic acids is 2. The van der Waals surface area contributed by atoms with E-state index in [4.69, 9.17) is 4.74 Å². The minimum absolute atomic E-state index is 0.0354. The number of H-pyrrole nitrogens is 1. The average molecular weight is 333 g/mol. The van der Waals surface area contributed by atoms with Crippen molar-refractivity contribution in [2.24, 2.45) is 0 Å². The first-order valence-electron chi connectivity index (χ1n) is 8.81. The van der Waals surface area contributed by atoms with E-state index in [1.165, 1.54) is 24.1 Å². The fourth-order valence-electron chi connectivity index (χ4n) is 3.31. The van der Waals surface area contributed by atoms with Crippen molar-refractivity contribution < 1.29 is 14.3 Å². The number of aryl methyl sites for hydroxylation is 2. The molecule has 24 heavy (non-hydrogen) atoms. The van der Waals surface area contributed by atoms with Gasteiger partial charge in [-0.05, 0) is 58.1 Å². The fraction of sp³-hybridized carbons (Fsp3) is 0.667. The van der Waals surface area contributed by atoms with Crippen LogP contribution in [0.4, 0.5) is 4.79 Å². The Hall–Kier alpha value is -1.98. The summed E-state index contributed by atoms with van der Waals surface area (Å²) in [5, 5.41) is 0. The topological polar surface area (TPSA) is 65.6 Å². The molecule has 0 aromatic carbocycles. The van der Waals surface area contributed by atoms with Gasteiger partial charge < -0.3 is 19.5 Å². The molecule has 1 N–H and O–H groups in total. The van der Waals surface area contributed by atoms with Crippen LogP contribution in [0, 0.1) is 0 Å². The van der Waals surface area contributed by atoms with Gasteiger partial charge in [0.25, 0.3) is 5.91 Å². The van der Waals surface area contributed by atoms with Crippen molar-refractivity contribution in [2.45, 2.75) is 52.1 Å². The summed E-state index contributed by atoms with van der Waals surface area (Å²) >= 11 is 0. The van der Waals surface area contributed by atoms with Gasteiger partial charge in [-0.3, -0.25) is 4.79 Å². The van der Waals surface area contributed by atoms with Gasteiger partial charge in [0.15, 0.2) is 0 Å². The maximum atomic E-state index is 12.7. The lowest BCUT2D eigenvalue weighted by Gasteiger charge is -2.35. The third kappa shape index (κ3) is 3.74. The maximum absolute atomic E-state index is 12.7. The smallest absolute Gasteiger partial charge is 0.410 e. The van der Waals surface area contributed by atoms with Crippen LogP contribution in [0.2, 0.25) is 0 Å². The lowest BCUT2D eigenvalue weighted by molar-refractivity contribution is 0.0140. The fourth-order valence-corrected chi connectivity index (χ4v) is 3.31. The van der Waals surface area contributed by atoms with Crippen LogP contribution < -0.4 is 0 Å². The highest BCUT2D eigenvalue weighted by Crippen LogP contribution is 2.22. The Morgan fingerprint density at radius 1 is 1.04 bits per heavy atom. The summed E-state index contributed by atoms with van der Waals surface area (Å²) in [6.45, 7) is 7.69. The first-order chi connectivity index (χ1) is 11.3. The molecule has 1 aliphatic heterocycles. The zero-order valence-electron chi connectivity index (χ0n) is 14.9. The number of amides is 2. The largest absolute Gasteiger partial charge is 0.444 e. The second-order valence-corrected chi connectivity index (χ2v) is 7.65. The summed E-state index contributed by atoms with van der Waals surface area (Å²) in [6, 6.07) is 2.01. The number of nitrogens with zero attached hydrogens (tertiary/aromatic N) is 2. The Kier molecular flexibility index (Phi) is 4.56. The maximum Gasteiger partial charge on any atom is 0.410 e. The number of ether oxygens (including phenoxy) is 1. The molecule has 1 aromatic rings. The van der Waals surface area contributed by atoms with Crippen molar-refractivity contribution in [3.63, 3.8) is 0 Å². The molecular formula is C18H27N3O3. The third-order valence-corrected chi connectivity index (χ3v) is 4.56. The van der Waals surface area contributed by atoms with Gasteiger partial charge in [-0.15, -0.1) is 0 Å². The summed E-state index contributed by atoms with van der Waals surface area (Å²) in [5.41, 5.74) is 2.70. The van der Waals surface area contributed by atoms with Crippen LogP contribution in [-0.2, 0) is 17.6 Å². The molecule has 0 spiro atoms. The Labute approximate surface area is 143 Å². The lowest BCUT2D eigenvalue weighted by atomic mass is 9.98. The molecule has 3 rings (SSSR count). The quantitative estimate of drug-likeness (QED) is 0.859.